The van der Waals surface area contributed by atoms with Crippen molar-refractivity contribution in [1.82, 2.24) is 5.32 Å². The Hall–Kier alpha value is -1.63. The van der Waals surface area contributed by atoms with Gasteiger partial charge in [0.15, 0.2) is 0 Å². The smallest absolute Gasteiger partial charge is 0.206 e. The van der Waals surface area contributed by atoms with E-state index in [1.807, 2.05) is 6.07 Å². The number of hydrogen-bond donors (Lipinski definition) is 1. The molecule has 0 atom stereocenters. The van der Waals surface area contributed by atoms with Crippen LogP contribution in [0.25, 0.3) is 0 Å². The standard InChI is InChI=1S/C19H21FN2O2S.ClH/c20-15-1-3-17(4-2-15)25(23,24)18-5-6-19-14(13-18)9-12-22(19)16-7-10-21-11-8-16;/h1-6,13,16,21H,7-12H2;1H. The minimum absolute atomic E-state index is 0. The predicted octanol–water partition coefficient (Wildman–Crippen LogP) is 3.19. The second-order valence-electron chi connectivity index (χ2n) is 6.67. The van der Waals surface area contributed by atoms with Gasteiger partial charge in [-0.3, -0.25) is 0 Å². The Morgan fingerprint density at radius 1 is 1.00 bits per heavy atom. The van der Waals surface area contributed by atoms with E-state index in [4.69, 9.17) is 0 Å². The molecule has 4 rings (SSSR count). The molecule has 0 saturated carbocycles. The zero-order chi connectivity index (χ0) is 17.4. The summed E-state index contributed by atoms with van der Waals surface area (Å²) in [5.74, 6) is -0.439. The van der Waals surface area contributed by atoms with Crippen molar-refractivity contribution in [2.45, 2.75) is 35.1 Å². The SMILES string of the molecule is Cl.O=S(=O)(c1ccc(F)cc1)c1ccc2c(c1)CCN2C1CCNCC1. The molecule has 26 heavy (non-hydrogen) atoms. The first-order chi connectivity index (χ1) is 12.1. The number of nitrogens with zero attached hydrogens (tertiary/aromatic N) is 1. The Kier molecular flexibility index (Phi) is 5.55. The Bertz CT molecular complexity index is 881. The summed E-state index contributed by atoms with van der Waals surface area (Å²) in [6.45, 7) is 3.01. The van der Waals surface area contributed by atoms with Gasteiger partial charge in [0.05, 0.1) is 9.79 Å². The average molecular weight is 397 g/mol. The molecular formula is C19H22ClFN2O2S. The first-order valence-electron chi connectivity index (χ1n) is 8.67. The third kappa shape index (κ3) is 3.46. The van der Waals surface area contributed by atoms with Crippen molar-refractivity contribution in [3.63, 3.8) is 0 Å². The van der Waals surface area contributed by atoms with Gasteiger partial charge >= 0.3 is 0 Å². The third-order valence-electron chi connectivity index (χ3n) is 5.17. The van der Waals surface area contributed by atoms with E-state index in [0.29, 0.717) is 6.04 Å². The van der Waals surface area contributed by atoms with Gasteiger partial charge in [-0.15, -0.1) is 12.4 Å². The molecule has 0 bridgehead atoms. The summed E-state index contributed by atoms with van der Waals surface area (Å²) < 4.78 is 38.6. The fraction of sp³-hybridized carbons (Fsp3) is 0.368. The summed E-state index contributed by atoms with van der Waals surface area (Å²) in [4.78, 5) is 2.83. The molecule has 140 valence electrons. The maximum atomic E-state index is 13.1. The van der Waals surface area contributed by atoms with Crippen molar-refractivity contribution < 1.29 is 12.8 Å². The van der Waals surface area contributed by atoms with Crippen molar-refractivity contribution in [3.05, 3.63) is 53.8 Å². The molecule has 0 radical (unpaired) electrons. The lowest BCUT2D eigenvalue weighted by molar-refractivity contribution is 0.435. The molecule has 2 aromatic carbocycles. The van der Waals surface area contributed by atoms with Gasteiger partial charge in [-0.05, 0) is 80.4 Å². The minimum Gasteiger partial charge on any atom is -0.368 e. The van der Waals surface area contributed by atoms with E-state index in [0.717, 1.165) is 50.1 Å². The molecule has 0 amide bonds. The second-order valence-corrected chi connectivity index (χ2v) is 8.62. The highest BCUT2D eigenvalue weighted by atomic mass is 35.5. The first kappa shape index (κ1) is 19.1. The van der Waals surface area contributed by atoms with Crippen molar-refractivity contribution in [2.75, 3.05) is 24.5 Å². The van der Waals surface area contributed by atoms with Crippen LogP contribution in [0, 0.1) is 5.82 Å². The Morgan fingerprint density at radius 2 is 1.65 bits per heavy atom. The van der Waals surface area contributed by atoms with E-state index in [-0.39, 0.29) is 22.2 Å². The van der Waals surface area contributed by atoms with E-state index in [2.05, 4.69) is 10.2 Å². The van der Waals surface area contributed by atoms with Gasteiger partial charge in [0.25, 0.3) is 0 Å². The molecule has 2 aliphatic heterocycles. The number of benzene rings is 2. The van der Waals surface area contributed by atoms with E-state index >= 15 is 0 Å². The average Bonchev–Trinajstić information content (AvgIpc) is 3.06. The summed E-state index contributed by atoms with van der Waals surface area (Å²) in [5, 5.41) is 3.38. The van der Waals surface area contributed by atoms with Crippen LogP contribution >= 0.6 is 12.4 Å². The molecule has 1 fully saturated rings. The minimum atomic E-state index is -3.61. The maximum Gasteiger partial charge on any atom is 0.206 e. The van der Waals surface area contributed by atoms with Crippen LogP contribution in [0.15, 0.2) is 52.3 Å². The van der Waals surface area contributed by atoms with E-state index in [1.165, 1.54) is 24.3 Å². The quantitative estimate of drug-likeness (QED) is 0.809. The van der Waals surface area contributed by atoms with Crippen LogP contribution in [0.4, 0.5) is 10.1 Å². The van der Waals surface area contributed by atoms with Crippen LogP contribution in [-0.4, -0.2) is 34.1 Å². The summed E-state index contributed by atoms with van der Waals surface area (Å²) in [5.41, 5.74) is 2.24. The number of hydrogen-bond acceptors (Lipinski definition) is 4. The molecule has 2 heterocycles. The van der Waals surface area contributed by atoms with Gasteiger partial charge in [-0.1, -0.05) is 0 Å². The zero-order valence-electron chi connectivity index (χ0n) is 14.3. The predicted molar refractivity (Wildman–Crippen MR) is 102 cm³/mol. The third-order valence-corrected chi connectivity index (χ3v) is 6.93. The van der Waals surface area contributed by atoms with Gasteiger partial charge in [-0.25, -0.2) is 12.8 Å². The van der Waals surface area contributed by atoms with Crippen LogP contribution in [0.1, 0.15) is 18.4 Å². The van der Waals surface area contributed by atoms with Crippen LogP contribution in [0.3, 0.4) is 0 Å². The molecule has 0 unspecified atom stereocenters. The number of anilines is 1. The number of nitrogens with one attached hydrogen (secondary N) is 1. The number of halogens is 2. The Balaban J connectivity index is 0.00000196. The monoisotopic (exact) mass is 396 g/mol. The number of piperidine rings is 1. The van der Waals surface area contributed by atoms with Crippen molar-refractivity contribution in [3.8, 4) is 0 Å². The molecule has 0 aromatic heterocycles. The van der Waals surface area contributed by atoms with Crippen LogP contribution in [0.5, 0.6) is 0 Å². The van der Waals surface area contributed by atoms with Gasteiger partial charge in [0, 0.05) is 18.3 Å². The molecule has 7 heteroatoms. The van der Waals surface area contributed by atoms with E-state index in [9.17, 15) is 12.8 Å². The highest BCUT2D eigenvalue weighted by Gasteiger charge is 2.28. The van der Waals surface area contributed by atoms with Gasteiger partial charge in [0.1, 0.15) is 5.82 Å². The van der Waals surface area contributed by atoms with Gasteiger partial charge in [0.2, 0.25) is 9.84 Å². The number of sulfone groups is 1. The molecule has 0 spiro atoms. The maximum absolute atomic E-state index is 13.1. The fourth-order valence-electron chi connectivity index (χ4n) is 3.82. The molecule has 4 nitrogen and oxygen atoms in total. The van der Waals surface area contributed by atoms with E-state index < -0.39 is 15.7 Å². The van der Waals surface area contributed by atoms with Gasteiger partial charge in [-0.2, -0.15) is 0 Å². The van der Waals surface area contributed by atoms with Crippen molar-refractivity contribution in [2.24, 2.45) is 0 Å². The summed E-state index contributed by atoms with van der Waals surface area (Å²) in [6.07, 6.45) is 3.11. The number of rotatable bonds is 3. The van der Waals surface area contributed by atoms with Crippen molar-refractivity contribution in [1.29, 1.82) is 0 Å². The van der Waals surface area contributed by atoms with Crippen LogP contribution in [0.2, 0.25) is 0 Å². The molecule has 2 aliphatic rings. The highest BCUT2D eigenvalue weighted by molar-refractivity contribution is 7.91. The Morgan fingerprint density at radius 3 is 2.35 bits per heavy atom. The lowest BCUT2D eigenvalue weighted by atomic mass is 10.0. The first-order valence-corrected chi connectivity index (χ1v) is 10.1. The van der Waals surface area contributed by atoms with Crippen molar-refractivity contribution >= 4 is 27.9 Å². The molecule has 1 saturated heterocycles. The molecule has 1 N–H and O–H groups in total. The highest BCUT2D eigenvalue weighted by Crippen LogP contribution is 2.34. The molecular weight excluding hydrogens is 375 g/mol. The van der Waals surface area contributed by atoms with E-state index in [1.54, 1.807) is 12.1 Å². The van der Waals surface area contributed by atoms with Crippen LogP contribution in [-0.2, 0) is 16.3 Å². The topological polar surface area (TPSA) is 49.4 Å². The fourth-order valence-corrected chi connectivity index (χ4v) is 5.13. The largest absolute Gasteiger partial charge is 0.368 e. The Labute approximate surface area is 159 Å². The second kappa shape index (κ2) is 7.55. The summed E-state index contributed by atoms with van der Waals surface area (Å²) in [7, 11) is -3.61. The number of fused-ring (bicyclic) bond motifs is 1. The lowest BCUT2D eigenvalue weighted by Crippen LogP contribution is -2.42. The normalized spacial score (nSPS) is 17.7. The molecule has 0 aliphatic carbocycles. The van der Waals surface area contributed by atoms with Crippen LogP contribution < -0.4 is 10.2 Å². The molecule has 2 aromatic rings. The lowest BCUT2D eigenvalue weighted by Gasteiger charge is -2.33. The van der Waals surface area contributed by atoms with Gasteiger partial charge < -0.3 is 10.2 Å². The zero-order valence-corrected chi connectivity index (χ0v) is 16.0. The summed E-state index contributed by atoms with van der Waals surface area (Å²) in [6, 6.07) is 10.9. The summed E-state index contributed by atoms with van der Waals surface area (Å²) >= 11 is 0.